The maximum atomic E-state index is 12.7. The topological polar surface area (TPSA) is 47.6 Å². The SMILES string of the molecule is COc1cc(OC)cc(C(=O)Nc2ccccc2-c2cccs2)c1. The summed E-state index contributed by atoms with van der Waals surface area (Å²) in [6.07, 6.45) is 0. The molecule has 3 aromatic rings. The van der Waals surface area contributed by atoms with Crippen LogP contribution >= 0.6 is 11.3 Å². The monoisotopic (exact) mass is 339 g/mol. The average Bonchev–Trinajstić information content (AvgIpc) is 3.16. The van der Waals surface area contributed by atoms with Crippen LogP contribution in [-0.2, 0) is 0 Å². The number of para-hydroxylation sites is 1. The highest BCUT2D eigenvalue weighted by atomic mass is 32.1. The highest BCUT2D eigenvalue weighted by molar-refractivity contribution is 7.13. The van der Waals surface area contributed by atoms with Gasteiger partial charge in [0.2, 0.25) is 0 Å². The molecule has 0 aliphatic heterocycles. The Morgan fingerprint density at radius 2 is 1.67 bits per heavy atom. The summed E-state index contributed by atoms with van der Waals surface area (Å²) in [5.74, 6) is 0.938. The first-order valence-corrected chi connectivity index (χ1v) is 8.26. The molecule has 2 aromatic carbocycles. The molecule has 0 saturated carbocycles. The van der Waals surface area contributed by atoms with Gasteiger partial charge in [0.15, 0.2) is 0 Å². The van der Waals surface area contributed by atoms with Crippen molar-refractivity contribution in [3.8, 4) is 21.9 Å². The predicted molar refractivity (Wildman–Crippen MR) is 97.3 cm³/mol. The van der Waals surface area contributed by atoms with Crippen LogP contribution in [0.4, 0.5) is 5.69 Å². The molecule has 0 aliphatic carbocycles. The summed E-state index contributed by atoms with van der Waals surface area (Å²) in [4.78, 5) is 13.8. The number of benzene rings is 2. The number of carbonyl (C=O) groups is 1. The van der Waals surface area contributed by atoms with Crippen molar-refractivity contribution in [2.75, 3.05) is 19.5 Å². The van der Waals surface area contributed by atoms with Crippen LogP contribution in [0.25, 0.3) is 10.4 Å². The average molecular weight is 339 g/mol. The van der Waals surface area contributed by atoms with Gasteiger partial charge in [0, 0.05) is 27.8 Å². The van der Waals surface area contributed by atoms with Gasteiger partial charge in [-0.1, -0.05) is 24.3 Å². The smallest absolute Gasteiger partial charge is 0.255 e. The Hall–Kier alpha value is -2.79. The van der Waals surface area contributed by atoms with Gasteiger partial charge in [0.25, 0.3) is 5.91 Å². The van der Waals surface area contributed by atoms with E-state index in [9.17, 15) is 4.79 Å². The van der Waals surface area contributed by atoms with Crippen LogP contribution < -0.4 is 14.8 Å². The fourth-order valence-electron chi connectivity index (χ4n) is 2.37. The number of thiophene rings is 1. The minimum atomic E-state index is -0.212. The number of carbonyl (C=O) groups excluding carboxylic acids is 1. The van der Waals surface area contributed by atoms with Crippen molar-refractivity contribution in [3.63, 3.8) is 0 Å². The zero-order valence-electron chi connectivity index (χ0n) is 13.4. The van der Waals surface area contributed by atoms with Gasteiger partial charge in [0.05, 0.1) is 14.2 Å². The van der Waals surface area contributed by atoms with Crippen molar-refractivity contribution in [1.29, 1.82) is 0 Å². The molecule has 122 valence electrons. The summed E-state index contributed by atoms with van der Waals surface area (Å²) in [6, 6.07) is 16.9. The molecule has 24 heavy (non-hydrogen) atoms. The molecule has 0 bridgehead atoms. The van der Waals surface area contributed by atoms with Crippen LogP contribution in [0.15, 0.2) is 60.0 Å². The van der Waals surface area contributed by atoms with Crippen LogP contribution in [-0.4, -0.2) is 20.1 Å². The fourth-order valence-corrected chi connectivity index (χ4v) is 3.14. The first-order valence-electron chi connectivity index (χ1n) is 7.38. The molecule has 4 nitrogen and oxygen atoms in total. The number of rotatable bonds is 5. The van der Waals surface area contributed by atoms with E-state index in [4.69, 9.17) is 9.47 Å². The third-order valence-electron chi connectivity index (χ3n) is 3.58. The number of methoxy groups -OCH3 is 2. The molecule has 1 aromatic heterocycles. The second-order valence-electron chi connectivity index (χ2n) is 5.08. The van der Waals surface area contributed by atoms with Gasteiger partial charge in [-0.05, 0) is 29.6 Å². The number of ether oxygens (including phenoxy) is 2. The Balaban J connectivity index is 1.91. The lowest BCUT2D eigenvalue weighted by molar-refractivity contribution is 0.102. The van der Waals surface area contributed by atoms with Gasteiger partial charge in [-0.25, -0.2) is 0 Å². The summed E-state index contributed by atoms with van der Waals surface area (Å²) < 4.78 is 10.4. The van der Waals surface area contributed by atoms with Crippen molar-refractivity contribution in [3.05, 3.63) is 65.5 Å². The number of anilines is 1. The highest BCUT2D eigenvalue weighted by Crippen LogP contribution is 2.32. The van der Waals surface area contributed by atoms with E-state index in [2.05, 4.69) is 5.32 Å². The molecule has 0 fully saturated rings. The van der Waals surface area contributed by atoms with Gasteiger partial charge < -0.3 is 14.8 Å². The molecular formula is C19H17NO3S. The highest BCUT2D eigenvalue weighted by Gasteiger charge is 2.13. The van der Waals surface area contributed by atoms with E-state index in [0.29, 0.717) is 17.1 Å². The molecule has 5 heteroatoms. The molecule has 0 radical (unpaired) electrons. The minimum Gasteiger partial charge on any atom is -0.497 e. The number of amides is 1. The molecular weight excluding hydrogens is 322 g/mol. The lowest BCUT2D eigenvalue weighted by atomic mass is 10.1. The zero-order chi connectivity index (χ0) is 16.9. The molecule has 1 amide bonds. The van der Waals surface area contributed by atoms with Crippen LogP contribution in [0.5, 0.6) is 11.5 Å². The molecule has 0 saturated heterocycles. The summed E-state index contributed by atoms with van der Waals surface area (Å²) in [7, 11) is 3.12. The molecule has 0 unspecified atom stereocenters. The first-order chi connectivity index (χ1) is 11.7. The van der Waals surface area contributed by atoms with E-state index in [1.54, 1.807) is 43.8 Å². The molecule has 0 atom stereocenters. The Morgan fingerprint density at radius 1 is 0.958 bits per heavy atom. The Bertz CT molecular complexity index is 821. The third-order valence-corrected chi connectivity index (χ3v) is 4.48. The Kier molecular flexibility index (Phi) is 4.82. The van der Waals surface area contributed by atoms with Crippen molar-refractivity contribution >= 4 is 22.9 Å². The lowest BCUT2D eigenvalue weighted by Gasteiger charge is -2.12. The van der Waals surface area contributed by atoms with Gasteiger partial charge in [0.1, 0.15) is 11.5 Å². The van der Waals surface area contributed by atoms with E-state index in [1.807, 2.05) is 41.8 Å². The predicted octanol–water partition coefficient (Wildman–Crippen LogP) is 4.68. The van der Waals surface area contributed by atoms with E-state index >= 15 is 0 Å². The summed E-state index contributed by atoms with van der Waals surface area (Å²) in [5, 5.41) is 4.99. The van der Waals surface area contributed by atoms with Gasteiger partial charge >= 0.3 is 0 Å². The van der Waals surface area contributed by atoms with Crippen LogP contribution in [0.3, 0.4) is 0 Å². The number of nitrogens with one attached hydrogen (secondary N) is 1. The van der Waals surface area contributed by atoms with Crippen molar-refractivity contribution in [2.45, 2.75) is 0 Å². The quantitative estimate of drug-likeness (QED) is 0.734. The minimum absolute atomic E-state index is 0.212. The maximum Gasteiger partial charge on any atom is 0.255 e. The Morgan fingerprint density at radius 3 is 2.29 bits per heavy atom. The van der Waals surface area contributed by atoms with Crippen molar-refractivity contribution in [1.82, 2.24) is 0 Å². The first kappa shape index (κ1) is 16.1. The van der Waals surface area contributed by atoms with Crippen molar-refractivity contribution < 1.29 is 14.3 Å². The maximum absolute atomic E-state index is 12.7. The van der Waals surface area contributed by atoms with E-state index in [1.165, 1.54) is 0 Å². The molecule has 1 N–H and O–H groups in total. The molecule has 0 aliphatic rings. The Labute approximate surface area is 144 Å². The third kappa shape index (κ3) is 3.41. The molecule has 3 rings (SSSR count). The standard InChI is InChI=1S/C19H17NO3S/c1-22-14-10-13(11-15(12-14)23-2)19(21)20-17-7-4-3-6-16(17)18-8-5-9-24-18/h3-12H,1-2H3,(H,20,21). The second-order valence-corrected chi connectivity index (χ2v) is 6.03. The summed E-state index contributed by atoms with van der Waals surface area (Å²) >= 11 is 1.63. The van der Waals surface area contributed by atoms with Crippen molar-refractivity contribution in [2.24, 2.45) is 0 Å². The largest absolute Gasteiger partial charge is 0.497 e. The second kappa shape index (κ2) is 7.19. The van der Waals surface area contributed by atoms with Gasteiger partial charge in [-0.3, -0.25) is 4.79 Å². The van der Waals surface area contributed by atoms with Crippen LogP contribution in [0.1, 0.15) is 10.4 Å². The van der Waals surface area contributed by atoms with E-state index in [-0.39, 0.29) is 5.91 Å². The molecule has 0 spiro atoms. The molecule has 1 heterocycles. The number of hydrogen-bond acceptors (Lipinski definition) is 4. The normalized spacial score (nSPS) is 10.2. The van der Waals surface area contributed by atoms with Crippen LogP contribution in [0.2, 0.25) is 0 Å². The summed E-state index contributed by atoms with van der Waals surface area (Å²) in [6.45, 7) is 0. The summed E-state index contributed by atoms with van der Waals surface area (Å²) in [5.41, 5.74) is 2.25. The lowest BCUT2D eigenvalue weighted by Crippen LogP contribution is -2.12. The fraction of sp³-hybridized carbons (Fsp3) is 0.105. The van der Waals surface area contributed by atoms with Crippen LogP contribution in [0, 0.1) is 0 Å². The van der Waals surface area contributed by atoms with E-state index in [0.717, 1.165) is 16.1 Å². The zero-order valence-corrected chi connectivity index (χ0v) is 14.2. The number of hydrogen-bond donors (Lipinski definition) is 1. The van der Waals surface area contributed by atoms with Gasteiger partial charge in [-0.15, -0.1) is 11.3 Å². The van der Waals surface area contributed by atoms with Gasteiger partial charge in [-0.2, -0.15) is 0 Å². The van der Waals surface area contributed by atoms with E-state index < -0.39 is 0 Å².